The molecule has 7 heteroatoms. The van der Waals surface area contributed by atoms with Crippen LogP contribution < -0.4 is 4.72 Å². The van der Waals surface area contributed by atoms with Gasteiger partial charge >= 0.3 is 0 Å². The first-order valence-corrected chi connectivity index (χ1v) is 6.95. The van der Waals surface area contributed by atoms with E-state index in [4.69, 9.17) is 0 Å². The van der Waals surface area contributed by atoms with Crippen molar-refractivity contribution in [2.75, 3.05) is 4.72 Å². The lowest BCUT2D eigenvalue weighted by molar-refractivity contribution is 0.603. The number of sulfonamides is 1. The van der Waals surface area contributed by atoms with E-state index in [9.17, 15) is 8.42 Å². The Bertz CT molecular complexity index is 565. The quantitative estimate of drug-likeness (QED) is 0.881. The lowest BCUT2D eigenvalue weighted by atomic mass is 10.3. The van der Waals surface area contributed by atoms with Gasteiger partial charge in [-0.25, -0.2) is 8.42 Å². The third-order valence-corrected chi connectivity index (χ3v) is 4.87. The highest BCUT2D eigenvalue weighted by Crippen LogP contribution is 2.23. The van der Waals surface area contributed by atoms with E-state index in [2.05, 4.69) is 14.9 Å². The van der Waals surface area contributed by atoms with Gasteiger partial charge in [-0.15, -0.1) is 11.3 Å². The molecule has 0 aliphatic rings. The van der Waals surface area contributed by atoms with E-state index >= 15 is 0 Å². The maximum Gasteiger partial charge on any atom is 0.271 e. The molecule has 0 radical (unpaired) electrons. The number of aromatic amines is 1. The minimum Gasteiger partial charge on any atom is -0.280 e. The fraction of sp³-hybridized carbons (Fsp3) is 0.222. The average molecular weight is 257 g/mol. The zero-order valence-electron chi connectivity index (χ0n) is 8.81. The normalized spacial score (nSPS) is 11.6. The van der Waals surface area contributed by atoms with E-state index in [-0.39, 0.29) is 0 Å². The monoisotopic (exact) mass is 257 g/mol. The van der Waals surface area contributed by atoms with Crippen molar-refractivity contribution in [2.24, 2.45) is 0 Å². The zero-order valence-corrected chi connectivity index (χ0v) is 10.4. The number of thiophene rings is 1. The van der Waals surface area contributed by atoms with Gasteiger partial charge in [-0.05, 0) is 25.3 Å². The molecule has 0 fully saturated rings. The molecule has 0 bridgehead atoms. The maximum atomic E-state index is 11.9. The van der Waals surface area contributed by atoms with Crippen LogP contribution in [0.1, 0.15) is 11.4 Å². The Balaban J connectivity index is 2.36. The summed E-state index contributed by atoms with van der Waals surface area (Å²) in [5, 5.41) is 8.39. The molecule has 2 aromatic heterocycles. The minimum absolute atomic E-state index is 0.299. The van der Waals surface area contributed by atoms with Gasteiger partial charge in [0.05, 0.1) is 17.1 Å². The third kappa shape index (κ3) is 1.96. The lowest BCUT2D eigenvalue weighted by Gasteiger charge is -2.05. The first kappa shape index (κ1) is 11.2. The number of aromatic nitrogens is 2. The molecule has 0 aliphatic carbocycles. The summed E-state index contributed by atoms with van der Waals surface area (Å²) in [6, 6.07) is 3.27. The molecule has 16 heavy (non-hydrogen) atoms. The second kappa shape index (κ2) is 3.91. The number of nitrogens with zero attached hydrogens (tertiary/aromatic N) is 1. The summed E-state index contributed by atoms with van der Waals surface area (Å²) >= 11 is 1.18. The third-order valence-electron chi connectivity index (χ3n) is 2.12. The van der Waals surface area contributed by atoms with Crippen molar-refractivity contribution < 1.29 is 8.42 Å². The molecule has 5 nitrogen and oxygen atoms in total. The van der Waals surface area contributed by atoms with Crippen LogP contribution in [0, 0.1) is 13.8 Å². The molecule has 0 spiro atoms. The Morgan fingerprint density at radius 3 is 2.69 bits per heavy atom. The van der Waals surface area contributed by atoms with Crippen molar-refractivity contribution in [1.82, 2.24) is 10.2 Å². The molecule has 0 saturated carbocycles. The van der Waals surface area contributed by atoms with Gasteiger partial charge in [-0.2, -0.15) is 5.10 Å². The molecule has 0 saturated heterocycles. The second-order valence-corrected chi connectivity index (χ2v) is 6.20. The van der Waals surface area contributed by atoms with Crippen molar-refractivity contribution in [3.05, 3.63) is 28.9 Å². The lowest BCUT2D eigenvalue weighted by Crippen LogP contribution is -2.12. The van der Waals surface area contributed by atoms with Gasteiger partial charge in [0.1, 0.15) is 4.21 Å². The zero-order chi connectivity index (χ0) is 11.8. The number of hydrogen-bond acceptors (Lipinski definition) is 4. The van der Waals surface area contributed by atoms with E-state index < -0.39 is 10.0 Å². The Kier molecular flexibility index (Phi) is 2.73. The van der Waals surface area contributed by atoms with Gasteiger partial charge in [0.25, 0.3) is 10.0 Å². The fourth-order valence-electron chi connectivity index (χ4n) is 1.30. The topological polar surface area (TPSA) is 74.8 Å². The largest absolute Gasteiger partial charge is 0.280 e. The van der Waals surface area contributed by atoms with Gasteiger partial charge in [-0.1, -0.05) is 6.07 Å². The van der Waals surface area contributed by atoms with Crippen LogP contribution in [-0.4, -0.2) is 18.6 Å². The Hall–Kier alpha value is -1.34. The first-order chi connectivity index (χ1) is 7.50. The molecule has 2 N–H and O–H groups in total. The predicted octanol–water partition coefficient (Wildman–Crippen LogP) is 1.89. The molecule has 0 amide bonds. The highest BCUT2D eigenvalue weighted by Gasteiger charge is 2.18. The van der Waals surface area contributed by atoms with Gasteiger partial charge in [0, 0.05) is 0 Å². The molecular formula is C9H11N3O2S2. The number of aryl methyl sites for hydroxylation is 2. The Morgan fingerprint density at radius 1 is 1.44 bits per heavy atom. The van der Waals surface area contributed by atoms with Crippen LogP contribution >= 0.6 is 11.3 Å². The van der Waals surface area contributed by atoms with Crippen LogP contribution in [0.2, 0.25) is 0 Å². The minimum atomic E-state index is -3.48. The smallest absolute Gasteiger partial charge is 0.271 e. The highest BCUT2D eigenvalue weighted by atomic mass is 32.2. The van der Waals surface area contributed by atoms with Gasteiger partial charge < -0.3 is 0 Å². The maximum absolute atomic E-state index is 11.9. The summed E-state index contributed by atoms with van der Waals surface area (Å²) in [6.45, 7) is 3.52. The molecule has 2 aromatic rings. The number of nitrogens with one attached hydrogen (secondary N) is 2. The van der Waals surface area contributed by atoms with Crippen LogP contribution in [0.5, 0.6) is 0 Å². The summed E-state index contributed by atoms with van der Waals surface area (Å²) in [6.07, 6.45) is 0. The first-order valence-electron chi connectivity index (χ1n) is 4.58. The van der Waals surface area contributed by atoms with Crippen molar-refractivity contribution >= 4 is 27.0 Å². The Morgan fingerprint density at radius 2 is 2.19 bits per heavy atom. The standard InChI is InChI=1S/C9H11N3O2S2/c1-6-9(7(2)11-10-6)12-16(13,14)8-4-3-5-15-8/h3-5,12H,1-2H3,(H,10,11). The van der Waals surface area contributed by atoms with Crippen LogP contribution in [0.15, 0.2) is 21.7 Å². The van der Waals surface area contributed by atoms with Crippen LogP contribution in [0.3, 0.4) is 0 Å². The summed E-state index contributed by atoms with van der Waals surface area (Å²) in [4.78, 5) is 0. The van der Waals surface area contributed by atoms with Crippen molar-refractivity contribution in [3.8, 4) is 0 Å². The highest BCUT2D eigenvalue weighted by molar-refractivity contribution is 7.94. The number of H-pyrrole nitrogens is 1. The summed E-state index contributed by atoms with van der Waals surface area (Å²) in [5.74, 6) is 0. The van der Waals surface area contributed by atoms with E-state index in [0.717, 1.165) is 0 Å². The van der Waals surface area contributed by atoms with Crippen molar-refractivity contribution in [2.45, 2.75) is 18.1 Å². The van der Waals surface area contributed by atoms with Crippen LogP contribution in [-0.2, 0) is 10.0 Å². The van der Waals surface area contributed by atoms with Gasteiger partial charge in [0.2, 0.25) is 0 Å². The summed E-state index contributed by atoms with van der Waals surface area (Å²) < 4.78 is 26.7. The molecule has 2 heterocycles. The van der Waals surface area contributed by atoms with Crippen LogP contribution in [0.4, 0.5) is 5.69 Å². The summed E-state index contributed by atoms with van der Waals surface area (Å²) in [7, 11) is -3.48. The van der Waals surface area contributed by atoms with Crippen LogP contribution in [0.25, 0.3) is 0 Å². The Labute approximate surface area is 97.6 Å². The van der Waals surface area contributed by atoms with E-state index in [1.807, 2.05) is 0 Å². The molecular weight excluding hydrogens is 246 g/mol. The van der Waals surface area contributed by atoms with E-state index in [1.165, 1.54) is 11.3 Å². The summed E-state index contributed by atoms with van der Waals surface area (Å²) in [5.41, 5.74) is 1.86. The van der Waals surface area contributed by atoms with Gasteiger partial charge in [0.15, 0.2) is 0 Å². The van der Waals surface area contributed by atoms with E-state index in [0.29, 0.717) is 21.3 Å². The molecule has 0 aliphatic heterocycles. The van der Waals surface area contributed by atoms with E-state index in [1.54, 1.807) is 31.4 Å². The van der Waals surface area contributed by atoms with Crippen molar-refractivity contribution in [3.63, 3.8) is 0 Å². The number of anilines is 1. The molecule has 0 atom stereocenters. The second-order valence-electron chi connectivity index (χ2n) is 3.35. The number of hydrogen-bond donors (Lipinski definition) is 2. The average Bonchev–Trinajstić information content (AvgIpc) is 2.83. The van der Waals surface area contributed by atoms with Gasteiger partial charge in [-0.3, -0.25) is 9.82 Å². The predicted molar refractivity (Wildman–Crippen MR) is 63.2 cm³/mol. The molecule has 2 rings (SSSR count). The fourth-order valence-corrected chi connectivity index (χ4v) is 3.48. The molecule has 86 valence electrons. The number of rotatable bonds is 3. The molecule has 0 aromatic carbocycles. The van der Waals surface area contributed by atoms with Crippen molar-refractivity contribution in [1.29, 1.82) is 0 Å². The molecule has 0 unspecified atom stereocenters. The SMILES string of the molecule is Cc1n[nH]c(C)c1NS(=O)(=O)c1cccs1.